The van der Waals surface area contributed by atoms with Crippen LogP contribution in [0.5, 0.6) is 0 Å². The number of hydrogen-bond acceptors (Lipinski definition) is 5. The maximum Gasteiger partial charge on any atom is 0.325 e. The molecule has 1 fully saturated rings. The average Bonchev–Trinajstić information content (AvgIpc) is 2.88. The fraction of sp³-hybridized carbons (Fsp3) is 0.250. The number of benzene rings is 2. The molecule has 1 aliphatic heterocycles. The van der Waals surface area contributed by atoms with Gasteiger partial charge in [0.25, 0.3) is 11.6 Å². The van der Waals surface area contributed by atoms with E-state index < -0.39 is 28.9 Å². The number of urea groups is 1. The lowest BCUT2D eigenvalue weighted by Gasteiger charge is -2.22. The zero-order valence-corrected chi connectivity index (χ0v) is 15.7. The molecule has 1 saturated heterocycles. The van der Waals surface area contributed by atoms with Gasteiger partial charge < -0.3 is 5.32 Å². The van der Waals surface area contributed by atoms with Gasteiger partial charge in [0.2, 0.25) is 0 Å². The molecule has 8 heteroatoms. The van der Waals surface area contributed by atoms with Crippen molar-refractivity contribution in [2.45, 2.75) is 26.3 Å². The molecule has 2 aromatic carbocycles. The maximum atomic E-state index is 12.9. The highest BCUT2D eigenvalue weighted by Crippen LogP contribution is 2.31. The first-order valence-electron chi connectivity index (χ1n) is 8.63. The number of ketones is 1. The minimum Gasteiger partial charge on any atom is -0.319 e. The van der Waals surface area contributed by atoms with Crippen molar-refractivity contribution in [1.82, 2.24) is 10.2 Å². The van der Waals surface area contributed by atoms with Crippen molar-refractivity contribution in [2.24, 2.45) is 0 Å². The molecule has 1 aliphatic rings. The van der Waals surface area contributed by atoms with Gasteiger partial charge in [-0.3, -0.25) is 24.6 Å². The van der Waals surface area contributed by atoms with Gasteiger partial charge in [0, 0.05) is 17.7 Å². The fourth-order valence-electron chi connectivity index (χ4n) is 3.12. The van der Waals surface area contributed by atoms with E-state index in [0.29, 0.717) is 5.56 Å². The summed E-state index contributed by atoms with van der Waals surface area (Å²) in [5.41, 5.74) is 0.987. The lowest BCUT2D eigenvalue weighted by Crippen LogP contribution is -2.41. The molecule has 1 N–H and O–H groups in total. The Bertz CT molecular complexity index is 1020. The molecule has 2 aromatic rings. The number of amides is 3. The Morgan fingerprint density at radius 2 is 1.86 bits per heavy atom. The van der Waals surface area contributed by atoms with Crippen molar-refractivity contribution in [3.05, 3.63) is 74.8 Å². The fourth-order valence-corrected chi connectivity index (χ4v) is 3.12. The summed E-state index contributed by atoms with van der Waals surface area (Å²) >= 11 is 0. The second-order valence-electron chi connectivity index (χ2n) is 6.98. The van der Waals surface area contributed by atoms with Crippen molar-refractivity contribution in [3.63, 3.8) is 0 Å². The maximum absolute atomic E-state index is 12.9. The number of aryl methyl sites for hydroxylation is 2. The Hall–Kier alpha value is -3.55. The first-order valence-corrected chi connectivity index (χ1v) is 8.63. The summed E-state index contributed by atoms with van der Waals surface area (Å²) in [5, 5.41) is 13.6. The molecule has 8 nitrogen and oxygen atoms in total. The van der Waals surface area contributed by atoms with Crippen LogP contribution in [0.2, 0.25) is 0 Å². The van der Waals surface area contributed by atoms with Crippen molar-refractivity contribution < 1.29 is 19.3 Å². The molecule has 3 amide bonds. The second kappa shape index (κ2) is 6.88. The van der Waals surface area contributed by atoms with Gasteiger partial charge in [-0.05, 0) is 43.5 Å². The Morgan fingerprint density at radius 3 is 2.50 bits per heavy atom. The van der Waals surface area contributed by atoms with Crippen LogP contribution in [0.15, 0.2) is 42.5 Å². The van der Waals surface area contributed by atoms with Crippen molar-refractivity contribution in [2.75, 3.05) is 6.54 Å². The van der Waals surface area contributed by atoms with Crippen molar-refractivity contribution >= 4 is 23.4 Å². The molecule has 3 rings (SSSR count). The third-order valence-electron chi connectivity index (χ3n) is 5.04. The highest BCUT2D eigenvalue weighted by molar-refractivity contribution is 6.11. The van der Waals surface area contributed by atoms with Crippen molar-refractivity contribution in [3.8, 4) is 0 Å². The van der Waals surface area contributed by atoms with Gasteiger partial charge in [0.1, 0.15) is 5.54 Å². The first-order chi connectivity index (χ1) is 13.1. The Balaban J connectivity index is 1.87. The Morgan fingerprint density at radius 1 is 1.14 bits per heavy atom. The molecule has 0 aliphatic carbocycles. The summed E-state index contributed by atoms with van der Waals surface area (Å²) in [6, 6.07) is 9.99. The van der Waals surface area contributed by atoms with Crippen LogP contribution in [0.1, 0.15) is 34.0 Å². The minimum atomic E-state index is -1.48. The molecule has 28 heavy (non-hydrogen) atoms. The standard InChI is InChI=1S/C20H19N3O5/c1-12-7-8-14(9-13(12)2)17(24)11-22-18(25)20(3,21-19(22)26)15-5-4-6-16(10-15)23(27)28/h4-10H,11H2,1-3H3,(H,21,26). The molecule has 1 atom stereocenters. The predicted octanol–water partition coefficient (Wildman–Crippen LogP) is 2.86. The van der Waals surface area contributed by atoms with Crippen molar-refractivity contribution in [1.29, 1.82) is 0 Å². The molecular weight excluding hydrogens is 362 g/mol. The van der Waals surface area contributed by atoms with Gasteiger partial charge in [0.05, 0.1) is 11.5 Å². The number of carbonyl (C=O) groups excluding carboxylic acids is 3. The quantitative estimate of drug-likeness (QED) is 0.371. The van der Waals surface area contributed by atoms with E-state index >= 15 is 0 Å². The molecule has 144 valence electrons. The van der Waals surface area contributed by atoms with Crippen LogP contribution < -0.4 is 5.32 Å². The molecular formula is C20H19N3O5. The van der Waals surface area contributed by atoms with E-state index in [0.717, 1.165) is 16.0 Å². The van der Waals surface area contributed by atoms with E-state index in [1.165, 1.54) is 31.2 Å². The Labute approximate surface area is 161 Å². The van der Waals surface area contributed by atoms with Gasteiger partial charge >= 0.3 is 6.03 Å². The van der Waals surface area contributed by atoms with Crippen LogP contribution in [0.25, 0.3) is 0 Å². The van der Waals surface area contributed by atoms with E-state index in [4.69, 9.17) is 0 Å². The van der Waals surface area contributed by atoms with Gasteiger partial charge in [0.15, 0.2) is 5.78 Å². The number of carbonyl (C=O) groups is 3. The highest BCUT2D eigenvalue weighted by Gasteiger charge is 2.49. The zero-order valence-electron chi connectivity index (χ0n) is 15.7. The second-order valence-corrected chi connectivity index (χ2v) is 6.98. The number of Topliss-reactive ketones (excluding diaryl/α,β-unsaturated/α-hetero) is 1. The smallest absolute Gasteiger partial charge is 0.319 e. The summed E-state index contributed by atoms with van der Waals surface area (Å²) in [6.45, 7) is 4.86. The highest BCUT2D eigenvalue weighted by atomic mass is 16.6. The topological polar surface area (TPSA) is 110 Å². The molecule has 0 bridgehead atoms. The summed E-state index contributed by atoms with van der Waals surface area (Å²) in [5.74, 6) is -0.995. The summed E-state index contributed by atoms with van der Waals surface area (Å²) in [6.07, 6.45) is 0. The van der Waals surface area contributed by atoms with Crippen LogP contribution in [0, 0.1) is 24.0 Å². The molecule has 0 saturated carbocycles. The number of hydrogen-bond donors (Lipinski definition) is 1. The lowest BCUT2D eigenvalue weighted by molar-refractivity contribution is -0.385. The van der Waals surface area contributed by atoms with E-state index in [9.17, 15) is 24.5 Å². The van der Waals surface area contributed by atoms with E-state index in [2.05, 4.69) is 5.32 Å². The summed E-state index contributed by atoms with van der Waals surface area (Å²) < 4.78 is 0. The van der Waals surface area contributed by atoms with E-state index in [1.807, 2.05) is 19.9 Å². The van der Waals surface area contributed by atoms with Crippen LogP contribution >= 0.6 is 0 Å². The van der Waals surface area contributed by atoms with Gasteiger partial charge in [-0.15, -0.1) is 0 Å². The number of nitro benzene ring substituents is 1. The monoisotopic (exact) mass is 381 g/mol. The molecule has 0 spiro atoms. The van der Waals surface area contributed by atoms with Crippen LogP contribution in [-0.2, 0) is 10.3 Å². The number of rotatable bonds is 5. The third-order valence-corrected chi connectivity index (χ3v) is 5.04. The van der Waals surface area contributed by atoms with Crippen LogP contribution in [0.3, 0.4) is 0 Å². The van der Waals surface area contributed by atoms with Gasteiger partial charge in [-0.2, -0.15) is 0 Å². The zero-order chi connectivity index (χ0) is 20.6. The van der Waals surface area contributed by atoms with Gasteiger partial charge in [-0.25, -0.2) is 4.79 Å². The largest absolute Gasteiger partial charge is 0.325 e. The van der Waals surface area contributed by atoms with E-state index in [-0.39, 0.29) is 17.0 Å². The Kier molecular flexibility index (Phi) is 4.72. The molecule has 1 heterocycles. The number of imide groups is 1. The predicted molar refractivity (Wildman–Crippen MR) is 101 cm³/mol. The number of nitro groups is 1. The molecule has 0 aromatic heterocycles. The van der Waals surface area contributed by atoms with Crippen LogP contribution in [0.4, 0.5) is 10.5 Å². The average molecular weight is 381 g/mol. The molecule has 1 unspecified atom stereocenters. The summed E-state index contributed by atoms with van der Waals surface area (Å²) in [4.78, 5) is 49.2. The summed E-state index contributed by atoms with van der Waals surface area (Å²) in [7, 11) is 0. The minimum absolute atomic E-state index is 0.189. The van der Waals surface area contributed by atoms with Crippen LogP contribution in [-0.4, -0.2) is 34.1 Å². The number of nitrogens with zero attached hydrogens (tertiary/aromatic N) is 2. The molecule has 0 radical (unpaired) electrons. The SMILES string of the molecule is Cc1ccc(C(=O)CN2C(=O)NC(C)(c3cccc([N+](=O)[O-])c3)C2=O)cc1C. The third kappa shape index (κ3) is 3.24. The van der Waals surface area contributed by atoms with Gasteiger partial charge in [-0.1, -0.05) is 24.3 Å². The number of non-ortho nitro benzene ring substituents is 1. The normalized spacial score (nSPS) is 18.9. The lowest BCUT2D eigenvalue weighted by atomic mass is 9.91. The number of nitrogens with one attached hydrogen (secondary N) is 1. The first kappa shape index (κ1) is 19.2. The van der Waals surface area contributed by atoms with E-state index in [1.54, 1.807) is 12.1 Å².